The molecule has 174 valence electrons. The highest BCUT2D eigenvalue weighted by Gasteiger charge is 2.62. The van der Waals surface area contributed by atoms with Crippen LogP contribution >= 0.6 is 11.8 Å². The van der Waals surface area contributed by atoms with E-state index in [1.54, 1.807) is 0 Å². The number of nitrogens with zero attached hydrogens (tertiary/aromatic N) is 1. The molecule has 4 aromatic rings. The number of benzene rings is 4. The maximum absolute atomic E-state index is 5.43. The first-order chi connectivity index (χ1) is 17.0. The van der Waals surface area contributed by atoms with Crippen LogP contribution in [-0.4, -0.2) is 17.5 Å². The smallest absolute Gasteiger partial charge is 0.0764 e. The predicted octanol–water partition coefficient (Wildman–Crippen LogP) is 7.72. The van der Waals surface area contributed by atoms with Gasteiger partial charge in [0.25, 0.3) is 0 Å². The van der Waals surface area contributed by atoms with E-state index in [0.29, 0.717) is 5.25 Å². The third-order valence-corrected chi connectivity index (χ3v) is 9.86. The van der Waals surface area contributed by atoms with Gasteiger partial charge in [-0.25, -0.2) is 0 Å². The fraction of sp³-hybridized carbons (Fsp3) is 0.242. The van der Waals surface area contributed by atoms with Crippen molar-refractivity contribution in [3.05, 3.63) is 142 Å². The molecule has 0 aliphatic heterocycles. The SMILES string of the molecule is Cc1ccc(C=N[C@@H]2[C@H](SCc3ccccc3)C3(C)c4ccccc4C2(C)c2ccccc23)cc1. The van der Waals surface area contributed by atoms with Gasteiger partial charge in [0.1, 0.15) is 0 Å². The summed E-state index contributed by atoms with van der Waals surface area (Å²) in [6.45, 7) is 7.02. The maximum Gasteiger partial charge on any atom is 0.0764 e. The Bertz CT molecular complexity index is 1340. The van der Waals surface area contributed by atoms with Crippen LogP contribution in [0.15, 0.2) is 108 Å². The van der Waals surface area contributed by atoms with E-state index >= 15 is 0 Å². The van der Waals surface area contributed by atoms with Gasteiger partial charge in [0.15, 0.2) is 0 Å². The van der Waals surface area contributed by atoms with Gasteiger partial charge in [-0.3, -0.25) is 4.99 Å². The van der Waals surface area contributed by atoms with Crippen LogP contribution in [0.3, 0.4) is 0 Å². The summed E-state index contributed by atoms with van der Waals surface area (Å²) in [4.78, 5) is 5.43. The van der Waals surface area contributed by atoms with Crippen molar-refractivity contribution in [2.24, 2.45) is 4.99 Å². The van der Waals surface area contributed by atoms with Gasteiger partial charge in [-0.1, -0.05) is 116 Å². The summed E-state index contributed by atoms with van der Waals surface area (Å²) in [5.41, 5.74) is 9.32. The van der Waals surface area contributed by atoms with Crippen molar-refractivity contribution in [2.45, 2.75) is 48.6 Å². The normalized spacial score (nSPS) is 26.5. The molecule has 2 bridgehead atoms. The van der Waals surface area contributed by atoms with E-state index in [9.17, 15) is 0 Å². The van der Waals surface area contributed by atoms with Crippen molar-refractivity contribution in [1.82, 2.24) is 0 Å². The largest absolute Gasteiger partial charge is 0.287 e. The Labute approximate surface area is 213 Å². The van der Waals surface area contributed by atoms with E-state index in [0.717, 1.165) is 5.75 Å². The molecule has 0 unspecified atom stereocenters. The molecule has 0 aromatic heterocycles. The third kappa shape index (κ3) is 3.42. The molecule has 0 spiro atoms. The number of aryl methyl sites for hydroxylation is 1. The number of aliphatic imine (C=N–C) groups is 1. The summed E-state index contributed by atoms with van der Waals surface area (Å²) >= 11 is 2.07. The molecule has 2 atom stereocenters. The summed E-state index contributed by atoms with van der Waals surface area (Å²) in [6.07, 6.45) is 2.11. The van der Waals surface area contributed by atoms with Crippen LogP contribution in [0.4, 0.5) is 0 Å². The van der Waals surface area contributed by atoms with E-state index < -0.39 is 0 Å². The van der Waals surface area contributed by atoms with E-state index in [2.05, 4.69) is 142 Å². The van der Waals surface area contributed by atoms with Gasteiger partial charge < -0.3 is 0 Å². The molecule has 0 amide bonds. The zero-order valence-corrected chi connectivity index (χ0v) is 21.4. The molecule has 0 radical (unpaired) electrons. The number of thioether (sulfide) groups is 1. The monoisotopic (exact) mass is 473 g/mol. The molecule has 0 saturated carbocycles. The number of hydrogen-bond donors (Lipinski definition) is 0. The van der Waals surface area contributed by atoms with E-state index in [-0.39, 0.29) is 16.9 Å². The average molecular weight is 474 g/mol. The highest BCUT2D eigenvalue weighted by Crippen LogP contribution is 2.62. The first-order valence-electron chi connectivity index (χ1n) is 12.5. The quantitative estimate of drug-likeness (QED) is 0.270. The molecule has 7 rings (SSSR count). The summed E-state index contributed by atoms with van der Waals surface area (Å²) in [7, 11) is 0. The molecule has 3 aliphatic carbocycles. The van der Waals surface area contributed by atoms with Crippen LogP contribution < -0.4 is 0 Å². The summed E-state index contributed by atoms with van der Waals surface area (Å²) in [5.74, 6) is 0.984. The van der Waals surface area contributed by atoms with Gasteiger partial charge in [-0.05, 0) is 47.2 Å². The highest BCUT2D eigenvalue weighted by atomic mass is 32.2. The van der Waals surface area contributed by atoms with Crippen molar-refractivity contribution in [1.29, 1.82) is 0 Å². The second kappa shape index (κ2) is 8.53. The first kappa shape index (κ1) is 22.4. The number of rotatable bonds is 5. The van der Waals surface area contributed by atoms with Gasteiger partial charge in [0, 0.05) is 28.0 Å². The Balaban J connectivity index is 1.53. The highest BCUT2D eigenvalue weighted by molar-refractivity contribution is 7.99. The molecule has 0 saturated heterocycles. The molecule has 4 aromatic carbocycles. The minimum Gasteiger partial charge on any atom is -0.287 e. The Kier molecular flexibility index (Phi) is 5.45. The van der Waals surface area contributed by atoms with Crippen LogP contribution in [0.1, 0.15) is 52.8 Å². The van der Waals surface area contributed by atoms with Gasteiger partial charge in [0.2, 0.25) is 0 Å². The van der Waals surface area contributed by atoms with Crippen molar-refractivity contribution in [3.8, 4) is 0 Å². The third-order valence-electron chi connectivity index (χ3n) is 8.27. The lowest BCUT2D eigenvalue weighted by Gasteiger charge is -2.60. The van der Waals surface area contributed by atoms with E-state index in [1.165, 1.54) is 38.9 Å². The molecular weight excluding hydrogens is 442 g/mol. The zero-order chi connectivity index (χ0) is 24.0. The number of fused-ring (bicyclic) bond motifs is 1. The summed E-state index contributed by atoms with van der Waals surface area (Å²) < 4.78 is 0. The number of hydrogen-bond acceptors (Lipinski definition) is 2. The molecule has 2 heteroatoms. The minimum absolute atomic E-state index is 0.111. The van der Waals surface area contributed by atoms with Gasteiger partial charge in [-0.2, -0.15) is 11.8 Å². The fourth-order valence-electron chi connectivity index (χ4n) is 6.38. The first-order valence-corrected chi connectivity index (χ1v) is 13.5. The van der Waals surface area contributed by atoms with Crippen molar-refractivity contribution < 1.29 is 0 Å². The van der Waals surface area contributed by atoms with Gasteiger partial charge in [0.05, 0.1) is 6.04 Å². The van der Waals surface area contributed by atoms with Gasteiger partial charge in [-0.15, -0.1) is 0 Å². The van der Waals surface area contributed by atoms with Crippen LogP contribution in [0.5, 0.6) is 0 Å². The maximum atomic E-state index is 5.43. The van der Waals surface area contributed by atoms with Crippen LogP contribution in [-0.2, 0) is 16.6 Å². The topological polar surface area (TPSA) is 12.4 Å². The van der Waals surface area contributed by atoms with Crippen LogP contribution in [0.25, 0.3) is 0 Å². The molecule has 3 aliphatic rings. The second-order valence-electron chi connectivity index (χ2n) is 10.3. The van der Waals surface area contributed by atoms with E-state index in [1.807, 2.05) is 0 Å². The lowest BCUT2D eigenvalue weighted by Crippen LogP contribution is -2.62. The Morgan fingerprint density at radius 2 is 1.20 bits per heavy atom. The lowest BCUT2D eigenvalue weighted by molar-refractivity contribution is 0.294. The average Bonchev–Trinajstić information content (AvgIpc) is 2.90. The van der Waals surface area contributed by atoms with Crippen LogP contribution in [0, 0.1) is 6.92 Å². The van der Waals surface area contributed by atoms with Crippen molar-refractivity contribution >= 4 is 18.0 Å². The Morgan fingerprint density at radius 3 is 1.77 bits per heavy atom. The summed E-state index contributed by atoms with van der Waals surface area (Å²) in [6, 6.07) is 37.9. The minimum atomic E-state index is -0.180. The van der Waals surface area contributed by atoms with Crippen molar-refractivity contribution in [2.75, 3.05) is 0 Å². The van der Waals surface area contributed by atoms with E-state index in [4.69, 9.17) is 4.99 Å². The van der Waals surface area contributed by atoms with Gasteiger partial charge >= 0.3 is 0 Å². The Hall–Kier alpha value is -3.10. The van der Waals surface area contributed by atoms with Crippen molar-refractivity contribution in [3.63, 3.8) is 0 Å². The molecule has 0 N–H and O–H groups in total. The molecule has 1 nitrogen and oxygen atoms in total. The fourth-order valence-corrected chi connectivity index (χ4v) is 8.05. The predicted molar refractivity (Wildman–Crippen MR) is 150 cm³/mol. The standard InChI is InChI=1S/C33H31NS/c1-23-17-19-24(20-18-23)21-34-30-31(35-22-25-11-5-4-6-12-25)33(3)28-15-9-7-13-26(28)32(30,2)27-14-8-10-16-29(27)33/h4-21,30-31H,22H2,1-3H3/t30-,31+,32?,33?/m1/s1. The molecule has 0 heterocycles. The zero-order valence-electron chi connectivity index (χ0n) is 20.6. The molecular formula is C33H31NS. The molecule has 0 fully saturated rings. The molecule has 35 heavy (non-hydrogen) atoms. The van der Waals surface area contributed by atoms with Crippen LogP contribution in [0.2, 0.25) is 0 Å². The summed E-state index contributed by atoms with van der Waals surface area (Å²) in [5, 5.41) is 0.319. The lowest BCUT2D eigenvalue weighted by atomic mass is 9.48. The Morgan fingerprint density at radius 1 is 0.686 bits per heavy atom. The second-order valence-corrected chi connectivity index (χ2v) is 11.5.